The third kappa shape index (κ3) is 3.72. The van der Waals surface area contributed by atoms with Gasteiger partial charge in [-0.3, -0.25) is 14.2 Å². The van der Waals surface area contributed by atoms with E-state index in [4.69, 9.17) is 0 Å². The van der Waals surface area contributed by atoms with Gasteiger partial charge in [0, 0.05) is 19.6 Å². The second kappa shape index (κ2) is 7.98. The summed E-state index contributed by atoms with van der Waals surface area (Å²) in [6, 6.07) is 1.80. The first-order valence-corrected chi connectivity index (χ1v) is 10.1. The van der Waals surface area contributed by atoms with Gasteiger partial charge in [0.25, 0.3) is 5.56 Å². The van der Waals surface area contributed by atoms with Crippen LogP contribution in [0.25, 0.3) is 10.2 Å². The van der Waals surface area contributed by atoms with E-state index in [0.29, 0.717) is 22.8 Å². The van der Waals surface area contributed by atoms with Crippen molar-refractivity contribution in [1.29, 1.82) is 0 Å². The van der Waals surface area contributed by atoms with Gasteiger partial charge in [0.1, 0.15) is 4.83 Å². The second-order valence-electron chi connectivity index (χ2n) is 5.82. The predicted octanol–water partition coefficient (Wildman–Crippen LogP) is 3.14. The smallest absolute Gasteiger partial charge is 0.263 e. The number of rotatable bonds is 5. The molecule has 0 radical (unpaired) electrons. The summed E-state index contributed by atoms with van der Waals surface area (Å²) in [5.74, 6) is 0.452. The van der Waals surface area contributed by atoms with Crippen LogP contribution in [0.2, 0.25) is 0 Å². The summed E-state index contributed by atoms with van der Waals surface area (Å²) in [4.78, 5) is 32.3. The molecule has 5 nitrogen and oxygen atoms in total. The number of fused-ring (bicyclic) bond motifs is 1. The number of amides is 1. The van der Waals surface area contributed by atoms with E-state index in [0.717, 1.165) is 30.8 Å². The molecule has 7 heteroatoms. The van der Waals surface area contributed by atoms with Crippen LogP contribution in [0.15, 0.2) is 34.1 Å². The van der Waals surface area contributed by atoms with Gasteiger partial charge in [-0.05, 0) is 24.3 Å². The molecule has 1 fully saturated rings. The molecule has 0 aromatic carbocycles. The van der Waals surface area contributed by atoms with Crippen molar-refractivity contribution in [3.63, 3.8) is 0 Å². The fourth-order valence-electron chi connectivity index (χ4n) is 2.87. The summed E-state index contributed by atoms with van der Waals surface area (Å²) in [6.07, 6.45) is 6.24. The zero-order valence-corrected chi connectivity index (χ0v) is 15.2. The Kier molecular flexibility index (Phi) is 5.73. The van der Waals surface area contributed by atoms with Crippen LogP contribution < -0.4 is 5.56 Å². The number of nitrogens with zero attached hydrogens (tertiary/aromatic N) is 3. The van der Waals surface area contributed by atoms with Gasteiger partial charge in [-0.2, -0.15) is 0 Å². The number of allylic oxidation sites excluding steroid dienone is 1. The van der Waals surface area contributed by atoms with E-state index in [-0.39, 0.29) is 11.5 Å². The minimum absolute atomic E-state index is 0.0640. The van der Waals surface area contributed by atoms with Gasteiger partial charge in [0.2, 0.25) is 5.91 Å². The molecule has 2 aromatic heterocycles. The van der Waals surface area contributed by atoms with Crippen molar-refractivity contribution < 1.29 is 4.79 Å². The molecule has 0 bridgehead atoms. The van der Waals surface area contributed by atoms with Crippen LogP contribution >= 0.6 is 23.1 Å². The molecule has 0 unspecified atom stereocenters. The van der Waals surface area contributed by atoms with Crippen LogP contribution in [0.1, 0.15) is 25.7 Å². The molecule has 1 aliphatic heterocycles. The maximum atomic E-state index is 12.6. The maximum absolute atomic E-state index is 12.6. The molecule has 3 rings (SSSR count). The molecule has 0 N–H and O–H groups in total. The van der Waals surface area contributed by atoms with Gasteiger partial charge in [-0.25, -0.2) is 4.98 Å². The molecule has 0 aliphatic carbocycles. The Hall–Kier alpha value is -1.60. The van der Waals surface area contributed by atoms with Crippen LogP contribution in [0.3, 0.4) is 0 Å². The van der Waals surface area contributed by atoms with Crippen molar-refractivity contribution >= 4 is 39.2 Å². The molecule has 3 heterocycles. The van der Waals surface area contributed by atoms with Crippen molar-refractivity contribution in [1.82, 2.24) is 14.5 Å². The minimum atomic E-state index is -0.0640. The first-order chi connectivity index (χ1) is 11.7. The average Bonchev–Trinajstić information content (AvgIpc) is 2.88. The molecular formula is C17H21N3O2S2. The Balaban J connectivity index is 1.78. The molecule has 0 spiro atoms. The van der Waals surface area contributed by atoms with E-state index in [1.165, 1.54) is 35.9 Å². The summed E-state index contributed by atoms with van der Waals surface area (Å²) < 4.78 is 1.60. The molecule has 128 valence electrons. The number of hydrogen-bond acceptors (Lipinski definition) is 5. The molecule has 1 aliphatic rings. The average molecular weight is 364 g/mol. The van der Waals surface area contributed by atoms with Crippen molar-refractivity contribution in [3.8, 4) is 0 Å². The lowest BCUT2D eigenvalue weighted by atomic mass is 10.2. The fraction of sp³-hybridized carbons (Fsp3) is 0.471. The minimum Gasteiger partial charge on any atom is -0.342 e. The number of thioether (sulfide) groups is 1. The Labute approximate surface area is 149 Å². The lowest BCUT2D eigenvalue weighted by Crippen LogP contribution is -2.33. The van der Waals surface area contributed by atoms with Gasteiger partial charge >= 0.3 is 0 Å². The Morgan fingerprint density at radius 1 is 1.33 bits per heavy atom. The monoisotopic (exact) mass is 363 g/mol. The van der Waals surface area contributed by atoms with E-state index in [2.05, 4.69) is 11.6 Å². The molecule has 1 amide bonds. The van der Waals surface area contributed by atoms with Crippen LogP contribution in [0.5, 0.6) is 0 Å². The number of hydrogen-bond donors (Lipinski definition) is 0. The lowest BCUT2D eigenvalue weighted by molar-refractivity contribution is -0.128. The van der Waals surface area contributed by atoms with E-state index in [1.807, 2.05) is 10.3 Å². The summed E-state index contributed by atoms with van der Waals surface area (Å²) in [6.45, 7) is 5.80. The first kappa shape index (κ1) is 17.2. The summed E-state index contributed by atoms with van der Waals surface area (Å²) >= 11 is 2.80. The maximum Gasteiger partial charge on any atom is 0.263 e. The Bertz CT molecular complexity index is 789. The number of carbonyl (C=O) groups is 1. The summed E-state index contributed by atoms with van der Waals surface area (Å²) in [5.41, 5.74) is -0.0640. The van der Waals surface area contributed by atoms with Gasteiger partial charge < -0.3 is 4.90 Å². The van der Waals surface area contributed by atoms with E-state index in [1.54, 1.807) is 16.7 Å². The first-order valence-electron chi connectivity index (χ1n) is 8.20. The number of likely N-dealkylation sites (tertiary alicyclic amines) is 1. The normalized spacial score (nSPS) is 15.4. The van der Waals surface area contributed by atoms with Crippen molar-refractivity contribution in [2.75, 3.05) is 18.8 Å². The standard InChI is InChI=1S/C17H21N3O2S2/c1-2-8-20-16(22)13-7-11-23-15(13)18-17(20)24-12-14(21)19-9-5-3-4-6-10-19/h2,7,11H,1,3-6,8-10,12H2. The summed E-state index contributed by atoms with van der Waals surface area (Å²) in [5, 5.41) is 3.09. The third-order valence-corrected chi connectivity index (χ3v) is 5.91. The highest BCUT2D eigenvalue weighted by Gasteiger charge is 2.18. The van der Waals surface area contributed by atoms with Crippen LogP contribution in [0, 0.1) is 0 Å². The second-order valence-corrected chi connectivity index (χ2v) is 7.66. The van der Waals surface area contributed by atoms with Crippen LogP contribution in [-0.4, -0.2) is 39.2 Å². The van der Waals surface area contributed by atoms with Gasteiger partial charge in [-0.1, -0.05) is 30.7 Å². The van der Waals surface area contributed by atoms with E-state index >= 15 is 0 Å². The molecule has 2 aromatic rings. The van der Waals surface area contributed by atoms with Crippen molar-refractivity contribution in [3.05, 3.63) is 34.5 Å². The van der Waals surface area contributed by atoms with Crippen molar-refractivity contribution in [2.45, 2.75) is 37.4 Å². The highest BCUT2D eigenvalue weighted by Crippen LogP contribution is 2.22. The van der Waals surface area contributed by atoms with Gasteiger partial charge in [-0.15, -0.1) is 17.9 Å². The molecule has 0 saturated carbocycles. The van der Waals surface area contributed by atoms with Crippen LogP contribution in [-0.2, 0) is 11.3 Å². The molecular weight excluding hydrogens is 342 g/mol. The molecule has 0 atom stereocenters. The molecule has 1 saturated heterocycles. The number of thiophene rings is 1. The number of aromatic nitrogens is 2. The largest absolute Gasteiger partial charge is 0.342 e. The zero-order valence-electron chi connectivity index (χ0n) is 13.6. The third-order valence-electron chi connectivity index (χ3n) is 4.14. The van der Waals surface area contributed by atoms with Crippen molar-refractivity contribution in [2.24, 2.45) is 0 Å². The topological polar surface area (TPSA) is 55.2 Å². The van der Waals surface area contributed by atoms with Gasteiger partial charge in [0.05, 0.1) is 11.1 Å². The quantitative estimate of drug-likeness (QED) is 0.465. The zero-order chi connectivity index (χ0) is 16.9. The Morgan fingerprint density at radius 2 is 2.08 bits per heavy atom. The van der Waals surface area contributed by atoms with E-state index in [9.17, 15) is 9.59 Å². The fourth-order valence-corrected chi connectivity index (χ4v) is 4.58. The predicted molar refractivity (Wildman–Crippen MR) is 99.8 cm³/mol. The van der Waals surface area contributed by atoms with Crippen LogP contribution in [0.4, 0.5) is 0 Å². The summed E-state index contributed by atoms with van der Waals surface area (Å²) in [7, 11) is 0. The highest BCUT2D eigenvalue weighted by atomic mass is 32.2. The Morgan fingerprint density at radius 3 is 2.79 bits per heavy atom. The highest BCUT2D eigenvalue weighted by molar-refractivity contribution is 7.99. The lowest BCUT2D eigenvalue weighted by Gasteiger charge is -2.20. The molecule has 24 heavy (non-hydrogen) atoms. The number of carbonyl (C=O) groups excluding carboxylic acids is 1. The van der Waals surface area contributed by atoms with Gasteiger partial charge in [0.15, 0.2) is 5.16 Å². The van der Waals surface area contributed by atoms with E-state index < -0.39 is 0 Å². The SMILES string of the molecule is C=CCn1c(SCC(=O)N2CCCCCC2)nc2sccc2c1=O.